The predicted molar refractivity (Wildman–Crippen MR) is 110 cm³/mol. The van der Waals surface area contributed by atoms with E-state index in [-0.39, 0.29) is 5.41 Å². The SMILES string of the molecule is Brc1ccc2c(c1)-c1ccccc1C21c2ccccc2C2C=CC=CC21. The highest BCUT2D eigenvalue weighted by Gasteiger charge is 2.56. The van der Waals surface area contributed by atoms with Crippen molar-refractivity contribution in [1.29, 1.82) is 0 Å². The zero-order chi connectivity index (χ0) is 17.3. The van der Waals surface area contributed by atoms with Crippen LogP contribution in [0.2, 0.25) is 0 Å². The number of benzene rings is 3. The van der Waals surface area contributed by atoms with Gasteiger partial charge in [0.15, 0.2) is 0 Å². The molecule has 0 bridgehead atoms. The maximum atomic E-state index is 3.69. The van der Waals surface area contributed by atoms with Gasteiger partial charge in [-0.1, -0.05) is 94.8 Å². The van der Waals surface area contributed by atoms with Gasteiger partial charge in [-0.3, -0.25) is 0 Å². The average Bonchev–Trinajstić information content (AvgIpc) is 3.15. The number of hydrogen-bond donors (Lipinski definition) is 0. The van der Waals surface area contributed by atoms with Gasteiger partial charge in [0.2, 0.25) is 0 Å². The molecule has 0 aromatic heterocycles. The lowest BCUT2D eigenvalue weighted by Crippen LogP contribution is -2.32. The molecule has 3 atom stereocenters. The van der Waals surface area contributed by atoms with Crippen LogP contribution in [0.3, 0.4) is 0 Å². The summed E-state index contributed by atoms with van der Waals surface area (Å²) in [6, 6.07) is 24.9. The summed E-state index contributed by atoms with van der Waals surface area (Å²) in [5.74, 6) is 0.868. The summed E-state index contributed by atoms with van der Waals surface area (Å²) in [4.78, 5) is 0. The molecule has 0 amide bonds. The van der Waals surface area contributed by atoms with Crippen LogP contribution >= 0.6 is 15.9 Å². The Bertz CT molecular complexity index is 1120. The maximum Gasteiger partial charge on any atom is 0.0537 e. The Balaban J connectivity index is 1.80. The van der Waals surface area contributed by atoms with Crippen LogP contribution in [0.25, 0.3) is 11.1 Å². The molecule has 0 heterocycles. The molecule has 0 aliphatic heterocycles. The van der Waals surface area contributed by atoms with E-state index in [0.29, 0.717) is 11.8 Å². The molecule has 3 aliphatic rings. The Morgan fingerprint density at radius 1 is 0.692 bits per heavy atom. The minimum absolute atomic E-state index is 0.0881. The molecule has 1 heteroatoms. The average molecular weight is 397 g/mol. The molecule has 0 nitrogen and oxygen atoms in total. The molecule has 3 aromatic rings. The number of hydrogen-bond acceptors (Lipinski definition) is 0. The van der Waals surface area contributed by atoms with Gasteiger partial charge in [0, 0.05) is 16.3 Å². The van der Waals surface area contributed by atoms with E-state index in [1.807, 2.05) is 0 Å². The molecule has 1 spiro atoms. The van der Waals surface area contributed by atoms with Crippen molar-refractivity contribution in [1.82, 2.24) is 0 Å². The molecule has 124 valence electrons. The van der Waals surface area contributed by atoms with Crippen molar-refractivity contribution >= 4 is 15.9 Å². The van der Waals surface area contributed by atoms with E-state index in [1.54, 1.807) is 0 Å². The van der Waals surface area contributed by atoms with E-state index < -0.39 is 0 Å². The molecule has 3 aliphatic carbocycles. The fraction of sp³-hybridized carbons (Fsp3) is 0.120. The first-order valence-corrected chi connectivity index (χ1v) is 9.95. The molecule has 3 unspecified atom stereocenters. The third-order valence-corrected chi connectivity index (χ3v) is 6.92. The molecule has 0 fully saturated rings. The van der Waals surface area contributed by atoms with Crippen LogP contribution in [0, 0.1) is 5.92 Å². The van der Waals surface area contributed by atoms with Gasteiger partial charge in [-0.25, -0.2) is 0 Å². The normalized spacial score (nSPS) is 26.5. The summed E-state index contributed by atoms with van der Waals surface area (Å²) in [5.41, 5.74) is 8.50. The van der Waals surface area contributed by atoms with E-state index in [9.17, 15) is 0 Å². The summed E-state index contributed by atoms with van der Waals surface area (Å²) < 4.78 is 1.14. The second kappa shape index (κ2) is 5.08. The lowest BCUT2D eigenvalue weighted by atomic mass is 9.65. The molecule has 0 saturated heterocycles. The zero-order valence-electron chi connectivity index (χ0n) is 14.2. The van der Waals surface area contributed by atoms with Gasteiger partial charge in [0.1, 0.15) is 0 Å². The van der Waals surface area contributed by atoms with Crippen LogP contribution in [0.1, 0.15) is 28.2 Å². The molecule has 0 radical (unpaired) electrons. The smallest absolute Gasteiger partial charge is 0.0537 e. The topological polar surface area (TPSA) is 0 Å². The van der Waals surface area contributed by atoms with Crippen LogP contribution in [0.4, 0.5) is 0 Å². The Hall–Kier alpha value is -2.38. The summed E-state index contributed by atoms with van der Waals surface area (Å²) in [7, 11) is 0. The lowest BCUT2D eigenvalue weighted by molar-refractivity contribution is 0.465. The largest absolute Gasteiger partial charge is 0.0789 e. The number of halogens is 1. The van der Waals surface area contributed by atoms with Gasteiger partial charge in [0.05, 0.1) is 5.41 Å². The highest BCUT2D eigenvalue weighted by molar-refractivity contribution is 9.10. The van der Waals surface area contributed by atoms with Crippen molar-refractivity contribution in [2.24, 2.45) is 5.92 Å². The highest BCUT2D eigenvalue weighted by atomic mass is 79.9. The quantitative estimate of drug-likeness (QED) is 0.401. The van der Waals surface area contributed by atoms with Crippen molar-refractivity contribution in [2.45, 2.75) is 11.3 Å². The summed E-state index contributed by atoms with van der Waals surface area (Å²) >= 11 is 3.69. The van der Waals surface area contributed by atoms with Crippen molar-refractivity contribution in [3.63, 3.8) is 0 Å². The molecule has 0 saturated carbocycles. The number of rotatable bonds is 0. The number of fused-ring (bicyclic) bond motifs is 10. The second-order valence-electron chi connectivity index (χ2n) is 7.45. The third kappa shape index (κ3) is 1.61. The minimum Gasteiger partial charge on any atom is -0.0789 e. The van der Waals surface area contributed by atoms with E-state index in [2.05, 4.69) is 107 Å². The summed E-state index contributed by atoms with van der Waals surface area (Å²) in [6.07, 6.45) is 9.25. The first-order chi connectivity index (χ1) is 12.8. The van der Waals surface area contributed by atoms with Gasteiger partial charge in [-0.2, -0.15) is 0 Å². The standard InChI is InChI=1S/C25H17Br/c26-16-13-14-24-20(15-16)19-9-3-6-12-23(19)25(24)21-10-4-1-7-17(21)18-8-2-5-11-22(18)25/h1-15,17,21H. The summed E-state index contributed by atoms with van der Waals surface area (Å²) in [6.45, 7) is 0. The molecular formula is C25H17Br. The second-order valence-corrected chi connectivity index (χ2v) is 8.37. The highest BCUT2D eigenvalue weighted by Crippen LogP contribution is 2.65. The fourth-order valence-corrected chi connectivity index (χ4v) is 5.94. The summed E-state index contributed by atoms with van der Waals surface area (Å²) in [5, 5.41) is 0. The first-order valence-electron chi connectivity index (χ1n) is 9.16. The van der Waals surface area contributed by atoms with E-state index in [1.165, 1.54) is 33.4 Å². The molecule has 0 N–H and O–H groups in total. The minimum atomic E-state index is -0.0881. The van der Waals surface area contributed by atoms with Crippen molar-refractivity contribution in [3.8, 4) is 11.1 Å². The Morgan fingerprint density at radius 2 is 1.42 bits per heavy atom. The van der Waals surface area contributed by atoms with Gasteiger partial charge in [-0.15, -0.1) is 0 Å². The Morgan fingerprint density at radius 3 is 2.35 bits per heavy atom. The van der Waals surface area contributed by atoms with Crippen LogP contribution < -0.4 is 0 Å². The van der Waals surface area contributed by atoms with Gasteiger partial charge in [0.25, 0.3) is 0 Å². The molecule has 26 heavy (non-hydrogen) atoms. The van der Waals surface area contributed by atoms with Gasteiger partial charge in [-0.05, 0) is 45.5 Å². The van der Waals surface area contributed by atoms with E-state index in [4.69, 9.17) is 0 Å². The maximum absolute atomic E-state index is 3.69. The first kappa shape index (κ1) is 14.8. The monoisotopic (exact) mass is 396 g/mol. The van der Waals surface area contributed by atoms with E-state index >= 15 is 0 Å². The Labute approximate surface area is 162 Å². The molecular weight excluding hydrogens is 380 g/mol. The molecule has 6 rings (SSSR count). The Kier molecular flexibility index (Phi) is 2.88. The van der Waals surface area contributed by atoms with Crippen LogP contribution in [0.5, 0.6) is 0 Å². The predicted octanol–water partition coefficient (Wildman–Crippen LogP) is 6.60. The fourth-order valence-electron chi connectivity index (χ4n) is 5.58. The van der Waals surface area contributed by atoms with Crippen molar-refractivity contribution in [3.05, 3.63) is 118 Å². The van der Waals surface area contributed by atoms with Crippen molar-refractivity contribution in [2.75, 3.05) is 0 Å². The van der Waals surface area contributed by atoms with Crippen molar-refractivity contribution < 1.29 is 0 Å². The van der Waals surface area contributed by atoms with E-state index in [0.717, 1.165) is 4.47 Å². The third-order valence-electron chi connectivity index (χ3n) is 6.43. The lowest BCUT2D eigenvalue weighted by Gasteiger charge is -2.36. The van der Waals surface area contributed by atoms with Gasteiger partial charge >= 0.3 is 0 Å². The molecule has 3 aromatic carbocycles. The zero-order valence-corrected chi connectivity index (χ0v) is 15.8. The van der Waals surface area contributed by atoms with Crippen LogP contribution in [0.15, 0.2) is 95.5 Å². The van der Waals surface area contributed by atoms with Gasteiger partial charge < -0.3 is 0 Å². The van der Waals surface area contributed by atoms with Crippen LogP contribution in [-0.2, 0) is 5.41 Å². The number of allylic oxidation sites excluding steroid dienone is 4. The van der Waals surface area contributed by atoms with Crippen LogP contribution in [-0.4, -0.2) is 0 Å².